The number of nitrogens with zero attached hydrogens (tertiary/aromatic N) is 4. The van der Waals surface area contributed by atoms with Crippen molar-refractivity contribution >= 4 is 17.4 Å². The number of nitriles is 1. The van der Waals surface area contributed by atoms with Gasteiger partial charge in [0.2, 0.25) is 5.91 Å². The maximum atomic E-state index is 12.6. The molecule has 30 heavy (non-hydrogen) atoms. The van der Waals surface area contributed by atoms with Crippen molar-refractivity contribution in [2.24, 2.45) is 0 Å². The minimum absolute atomic E-state index is 0.0948. The third-order valence-corrected chi connectivity index (χ3v) is 4.77. The Morgan fingerprint density at radius 1 is 1.13 bits per heavy atom. The monoisotopic (exact) mass is 409 g/mol. The topological polar surface area (TPSA) is 90.7 Å². The van der Waals surface area contributed by atoms with E-state index in [1.165, 1.54) is 0 Å². The number of piperazine rings is 1. The average Bonchev–Trinajstić information content (AvgIpc) is 2.76. The second kappa shape index (κ2) is 10.5. The Kier molecular flexibility index (Phi) is 7.46. The Morgan fingerprint density at radius 2 is 1.90 bits per heavy atom. The van der Waals surface area contributed by atoms with Crippen LogP contribution in [0.2, 0.25) is 0 Å². The van der Waals surface area contributed by atoms with E-state index in [4.69, 9.17) is 14.7 Å². The summed E-state index contributed by atoms with van der Waals surface area (Å²) >= 11 is 0. The number of anilines is 2. The van der Waals surface area contributed by atoms with Crippen LogP contribution in [0.25, 0.3) is 0 Å². The smallest absolute Gasteiger partial charge is 0.238 e. The summed E-state index contributed by atoms with van der Waals surface area (Å²) in [6.07, 6.45) is 1.65. The Bertz CT molecular complexity index is 904. The molecule has 0 spiro atoms. The number of amides is 1. The molecule has 1 aliphatic heterocycles. The van der Waals surface area contributed by atoms with Crippen molar-refractivity contribution < 1.29 is 14.3 Å². The maximum Gasteiger partial charge on any atom is 0.238 e. The summed E-state index contributed by atoms with van der Waals surface area (Å²) in [7, 11) is 0. The highest BCUT2D eigenvalue weighted by Crippen LogP contribution is 2.29. The van der Waals surface area contributed by atoms with Crippen LogP contribution in [-0.2, 0) is 4.79 Å². The number of benzene rings is 1. The van der Waals surface area contributed by atoms with Crippen molar-refractivity contribution in [3.8, 4) is 17.6 Å². The molecule has 0 saturated carbocycles. The molecule has 1 N–H and O–H groups in total. The minimum Gasteiger partial charge on any atom is -0.494 e. The van der Waals surface area contributed by atoms with Gasteiger partial charge in [-0.25, -0.2) is 4.98 Å². The van der Waals surface area contributed by atoms with Crippen LogP contribution in [0.15, 0.2) is 36.5 Å². The van der Waals surface area contributed by atoms with E-state index in [1.54, 1.807) is 24.4 Å². The molecule has 1 saturated heterocycles. The molecule has 1 aliphatic rings. The highest BCUT2D eigenvalue weighted by atomic mass is 16.5. The predicted octanol–water partition coefficient (Wildman–Crippen LogP) is 2.51. The molecule has 3 rings (SSSR count). The molecule has 1 amide bonds. The first-order valence-corrected chi connectivity index (χ1v) is 10.2. The van der Waals surface area contributed by atoms with E-state index in [0.717, 1.165) is 32.0 Å². The molecule has 2 aromatic rings. The third kappa shape index (κ3) is 5.61. The number of hydrogen-bond donors (Lipinski definition) is 1. The van der Waals surface area contributed by atoms with Gasteiger partial charge in [0.15, 0.2) is 0 Å². The molecule has 8 heteroatoms. The van der Waals surface area contributed by atoms with Crippen LogP contribution in [0, 0.1) is 11.3 Å². The van der Waals surface area contributed by atoms with Gasteiger partial charge >= 0.3 is 0 Å². The standard InChI is InChI=1S/C22H27N5O3/c1-3-29-18-5-6-20(30-4-2)19(14-18)25-22(28)16-26-9-11-27(12-10-26)21-13-17(15-23)7-8-24-21/h5-8,13-14H,3-4,9-12,16H2,1-2H3,(H,25,28). The first kappa shape index (κ1) is 21.4. The molecule has 0 unspecified atom stereocenters. The molecule has 2 heterocycles. The number of pyridine rings is 1. The summed E-state index contributed by atoms with van der Waals surface area (Å²) in [5.74, 6) is 2.02. The van der Waals surface area contributed by atoms with Gasteiger partial charge < -0.3 is 19.7 Å². The Balaban J connectivity index is 1.56. The molecular weight excluding hydrogens is 382 g/mol. The average molecular weight is 409 g/mol. The van der Waals surface area contributed by atoms with Gasteiger partial charge in [-0.15, -0.1) is 0 Å². The minimum atomic E-state index is -0.0948. The van der Waals surface area contributed by atoms with Gasteiger partial charge in [-0.05, 0) is 38.1 Å². The molecule has 0 bridgehead atoms. The zero-order chi connectivity index (χ0) is 21.3. The van der Waals surface area contributed by atoms with Gasteiger partial charge in [-0.1, -0.05) is 0 Å². The first-order valence-electron chi connectivity index (χ1n) is 10.2. The molecule has 8 nitrogen and oxygen atoms in total. The molecule has 1 fully saturated rings. The van der Waals surface area contributed by atoms with E-state index >= 15 is 0 Å². The second-order valence-corrected chi connectivity index (χ2v) is 6.85. The van der Waals surface area contributed by atoms with E-state index in [2.05, 4.69) is 26.2 Å². The molecule has 0 atom stereocenters. The number of hydrogen-bond acceptors (Lipinski definition) is 7. The van der Waals surface area contributed by atoms with Crippen LogP contribution < -0.4 is 19.7 Å². The van der Waals surface area contributed by atoms with Crippen LogP contribution in [0.5, 0.6) is 11.5 Å². The lowest BCUT2D eigenvalue weighted by atomic mass is 10.2. The van der Waals surface area contributed by atoms with Gasteiger partial charge in [0.1, 0.15) is 17.3 Å². The fourth-order valence-corrected chi connectivity index (χ4v) is 3.33. The lowest BCUT2D eigenvalue weighted by Crippen LogP contribution is -2.49. The van der Waals surface area contributed by atoms with Crippen molar-refractivity contribution in [1.82, 2.24) is 9.88 Å². The normalized spacial score (nSPS) is 14.1. The van der Waals surface area contributed by atoms with Gasteiger partial charge in [0, 0.05) is 38.4 Å². The van der Waals surface area contributed by atoms with Crippen LogP contribution in [-0.4, -0.2) is 61.7 Å². The summed E-state index contributed by atoms with van der Waals surface area (Å²) in [4.78, 5) is 21.2. The summed E-state index contributed by atoms with van der Waals surface area (Å²) in [5.41, 5.74) is 1.21. The number of carbonyl (C=O) groups excluding carboxylic acids is 1. The molecule has 158 valence electrons. The van der Waals surface area contributed by atoms with E-state index in [9.17, 15) is 4.79 Å². The van der Waals surface area contributed by atoms with Crippen molar-refractivity contribution in [3.05, 3.63) is 42.1 Å². The first-order chi connectivity index (χ1) is 14.6. The molecule has 1 aromatic heterocycles. The number of ether oxygens (including phenoxy) is 2. The maximum absolute atomic E-state index is 12.6. The van der Waals surface area contributed by atoms with E-state index in [1.807, 2.05) is 26.0 Å². The highest BCUT2D eigenvalue weighted by molar-refractivity contribution is 5.94. The fourth-order valence-electron chi connectivity index (χ4n) is 3.33. The predicted molar refractivity (Wildman–Crippen MR) is 115 cm³/mol. The summed E-state index contributed by atoms with van der Waals surface area (Å²) in [5, 5.41) is 12.0. The Hall–Kier alpha value is -3.31. The Morgan fingerprint density at radius 3 is 2.60 bits per heavy atom. The zero-order valence-electron chi connectivity index (χ0n) is 17.4. The van der Waals surface area contributed by atoms with E-state index in [-0.39, 0.29) is 5.91 Å². The second-order valence-electron chi connectivity index (χ2n) is 6.85. The largest absolute Gasteiger partial charge is 0.494 e. The molecular formula is C22H27N5O3. The Labute approximate surface area is 177 Å². The number of nitrogens with one attached hydrogen (secondary N) is 1. The quantitative estimate of drug-likeness (QED) is 0.716. The van der Waals surface area contributed by atoms with E-state index in [0.29, 0.717) is 42.5 Å². The SMILES string of the molecule is CCOc1ccc(OCC)c(NC(=O)CN2CCN(c3cc(C#N)ccn3)CC2)c1. The molecule has 0 radical (unpaired) electrons. The number of carbonyl (C=O) groups is 1. The van der Waals surface area contributed by atoms with Crippen molar-refractivity contribution in [3.63, 3.8) is 0 Å². The highest BCUT2D eigenvalue weighted by Gasteiger charge is 2.21. The van der Waals surface area contributed by atoms with Crippen LogP contribution in [0.4, 0.5) is 11.5 Å². The van der Waals surface area contributed by atoms with Gasteiger partial charge in [-0.3, -0.25) is 9.69 Å². The third-order valence-electron chi connectivity index (χ3n) is 4.77. The van der Waals surface area contributed by atoms with Crippen molar-refractivity contribution in [2.45, 2.75) is 13.8 Å². The van der Waals surface area contributed by atoms with Crippen LogP contribution in [0.1, 0.15) is 19.4 Å². The van der Waals surface area contributed by atoms with Crippen LogP contribution in [0.3, 0.4) is 0 Å². The van der Waals surface area contributed by atoms with Gasteiger partial charge in [-0.2, -0.15) is 5.26 Å². The van der Waals surface area contributed by atoms with Crippen molar-refractivity contribution in [2.75, 3.05) is 56.2 Å². The van der Waals surface area contributed by atoms with Gasteiger partial charge in [0.05, 0.1) is 37.1 Å². The van der Waals surface area contributed by atoms with Crippen molar-refractivity contribution in [1.29, 1.82) is 5.26 Å². The zero-order valence-corrected chi connectivity index (χ0v) is 17.4. The summed E-state index contributed by atoms with van der Waals surface area (Å²) < 4.78 is 11.2. The molecule has 1 aromatic carbocycles. The lowest BCUT2D eigenvalue weighted by Gasteiger charge is -2.35. The van der Waals surface area contributed by atoms with Crippen LogP contribution >= 0.6 is 0 Å². The van der Waals surface area contributed by atoms with Gasteiger partial charge in [0.25, 0.3) is 0 Å². The van der Waals surface area contributed by atoms with E-state index < -0.39 is 0 Å². The fraction of sp³-hybridized carbons (Fsp3) is 0.409. The number of aromatic nitrogens is 1. The summed E-state index contributed by atoms with van der Waals surface area (Å²) in [6, 6.07) is 11.1. The summed E-state index contributed by atoms with van der Waals surface area (Å²) in [6.45, 7) is 8.16. The number of rotatable bonds is 8. The molecule has 0 aliphatic carbocycles. The lowest BCUT2D eigenvalue weighted by molar-refractivity contribution is -0.117.